The average Bonchev–Trinajstić information content (AvgIpc) is 3.09. The van der Waals surface area contributed by atoms with Crippen LogP contribution in [0.5, 0.6) is 11.5 Å². The number of rotatable bonds is 6. The fraction of sp³-hybridized carbons (Fsp3) is 0.333. The number of methoxy groups -OCH3 is 2. The number of halogens is 1. The number of nitrogens with one attached hydrogen (secondary N) is 1. The van der Waals surface area contributed by atoms with E-state index in [9.17, 15) is 14.0 Å². The van der Waals surface area contributed by atoms with E-state index in [2.05, 4.69) is 5.32 Å². The predicted molar refractivity (Wildman–Crippen MR) is 103 cm³/mol. The summed E-state index contributed by atoms with van der Waals surface area (Å²) in [5.74, 6) is -0.423. The van der Waals surface area contributed by atoms with Gasteiger partial charge in [0.25, 0.3) is 0 Å². The zero-order valence-corrected chi connectivity index (χ0v) is 16.1. The van der Waals surface area contributed by atoms with E-state index in [1.54, 1.807) is 49.3 Å². The summed E-state index contributed by atoms with van der Waals surface area (Å²) in [6.45, 7) is 2.08. The first-order chi connectivity index (χ1) is 13.4. The van der Waals surface area contributed by atoms with E-state index in [4.69, 9.17) is 9.47 Å². The first-order valence-corrected chi connectivity index (χ1v) is 9.01. The molecule has 1 N–H and O–H groups in total. The molecule has 0 unspecified atom stereocenters. The first kappa shape index (κ1) is 19.7. The second-order valence-corrected chi connectivity index (χ2v) is 6.73. The molecule has 148 valence electrons. The molecule has 1 aliphatic heterocycles. The van der Waals surface area contributed by atoms with Crippen molar-refractivity contribution in [3.8, 4) is 11.5 Å². The second kappa shape index (κ2) is 8.29. The molecule has 6 nitrogen and oxygen atoms in total. The van der Waals surface area contributed by atoms with Gasteiger partial charge in [0.05, 0.1) is 26.2 Å². The van der Waals surface area contributed by atoms with Gasteiger partial charge < -0.3 is 19.7 Å². The van der Waals surface area contributed by atoms with Crippen molar-refractivity contribution in [2.75, 3.05) is 25.7 Å². The van der Waals surface area contributed by atoms with Crippen LogP contribution < -0.4 is 19.7 Å². The summed E-state index contributed by atoms with van der Waals surface area (Å²) < 4.78 is 23.9. The Bertz CT molecular complexity index is 869. The van der Waals surface area contributed by atoms with E-state index in [0.29, 0.717) is 17.9 Å². The molecule has 0 bridgehead atoms. The van der Waals surface area contributed by atoms with Crippen LogP contribution in [-0.4, -0.2) is 32.6 Å². The SMILES string of the molecule is COc1ccc(N2C[C@@H](C(=O)N[C@H](C)c3ccc(OC)c(F)c3)CC2=O)cc1. The number of carbonyl (C=O) groups is 2. The zero-order valence-electron chi connectivity index (χ0n) is 16.1. The van der Waals surface area contributed by atoms with E-state index in [1.807, 2.05) is 0 Å². The molecule has 0 spiro atoms. The third-order valence-electron chi connectivity index (χ3n) is 4.91. The number of hydrogen-bond acceptors (Lipinski definition) is 4. The van der Waals surface area contributed by atoms with Gasteiger partial charge in [0.15, 0.2) is 11.6 Å². The predicted octanol–water partition coefficient (Wildman–Crippen LogP) is 3.07. The molecule has 28 heavy (non-hydrogen) atoms. The number of anilines is 1. The summed E-state index contributed by atoms with van der Waals surface area (Å²) in [5.41, 5.74) is 1.36. The molecule has 2 amide bonds. The first-order valence-electron chi connectivity index (χ1n) is 9.01. The van der Waals surface area contributed by atoms with Gasteiger partial charge in [-0.1, -0.05) is 6.07 Å². The normalized spacial score (nSPS) is 17.4. The number of ether oxygens (including phenoxy) is 2. The smallest absolute Gasteiger partial charge is 0.227 e. The molecule has 1 heterocycles. The topological polar surface area (TPSA) is 67.9 Å². The highest BCUT2D eigenvalue weighted by Gasteiger charge is 2.35. The maximum atomic E-state index is 13.9. The summed E-state index contributed by atoms with van der Waals surface area (Å²) in [6.07, 6.45) is 0.140. The second-order valence-electron chi connectivity index (χ2n) is 6.73. The van der Waals surface area contributed by atoms with Gasteiger partial charge >= 0.3 is 0 Å². The van der Waals surface area contributed by atoms with Crippen LogP contribution in [0.4, 0.5) is 10.1 Å². The molecule has 0 aromatic heterocycles. The fourth-order valence-corrected chi connectivity index (χ4v) is 3.26. The summed E-state index contributed by atoms with van der Waals surface area (Å²) in [5, 5.41) is 2.87. The lowest BCUT2D eigenvalue weighted by Gasteiger charge is -2.19. The molecular formula is C21H23FN2O4. The van der Waals surface area contributed by atoms with Gasteiger partial charge in [0.2, 0.25) is 11.8 Å². The largest absolute Gasteiger partial charge is 0.497 e. The Kier molecular flexibility index (Phi) is 5.82. The number of amides is 2. The van der Waals surface area contributed by atoms with Crippen molar-refractivity contribution in [3.63, 3.8) is 0 Å². The molecule has 0 saturated carbocycles. The summed E-state index contributed by atoms with van der Waals surface area (Å²) in [6, 6.07) is 11.3. The summed E-state index contributed by atoms with van der Waals surface area (Å²) >= 11 is 0. The number of carbonyl (C=O) groups excluding carboxylic acids is 2. The lowest BCUT2D eigenvalue weighted by Crippen LogP contribution is -2.34. The third kappa shape index (κ3) is 4.08. The highest BCUT2D eigenvalue weighted by Crippen LogP contribution is 2.28. The molecule has 0 aliphatic carbocycles. The maximum Gasteiger partial charge on any atom is 0.227 e. The van der Waals surface area contributed by atoms with Gasteiger partial charge in [-0.15, -0.1) is 0 Å². The Morgan fingerprint density at radius 2 is 1.89 bits per heavy atom. The maximum absolute atomic E-state index is 13.9. The Hall–Kier alpha value is -3.09. The van der Waals surface area contributed by atoms with Gasteiger partial charge in [0, 0.05) is 18.7 Å². The van der Waals surface area contributed by atoms with Crippen LogP contribution in [0.25, 0.3) is 0 Å². The Labute approximate surface area is 163 Å². The molecule has 1 aliphatic rings. The van der Waals surface area contributed by atoms with E-state index in [1.165, 1.54) is 19.2 Å². The minimum atomic E-state index is -0.483. The Balaban J connectivity index is 1.64. The van der Waals surface area contributed by atoms with Crippen LogP contribution in [0.2, 0.25) is 0 Å². The standard InChI is InChI=1S/C21H23FN2O4/c1-13(14-4-9-19(28-3)18(22)10-14)23-21(26)15-11-20(25)24(12-15)16-5-7-17(27-2)8-6-16/h4-10,13,15H,11-12H2,1-3H3,(H,23,26)/t13-,15+/m1/s1. The number of nitrogens with zero attached hydrogens (tertiary/aromatic N) is 1. The van der Waals surface area contributed by atoms with Crippen LogP contribution in [0.1, 0.15) is 24.9 Å². The van der Waals surface area contributed by atoms with Crippen LogP contribution in [0.15, 0.2) is 42.5 Å². The van der Waals surface area contributed by atoms with Crippen molar-refractivity contribution < 1.29 is 23.5 Å². The minimum Gasteiger partial charge on any atom is -0.497 e. The molecular weight excluding hydrogens is 363 g/mol. The van der Waals surface area contributed by atoms with Crippen molar-refractivity contribution in [1.29, 1.82) is 0 Å². The lowest BCUT2D eigenvalue weighted by atomic mass is 10.0. The monoisotopic (exact) mass is 386 g/mol. The summed E-state index contributed by atoms with van der Waals surface area (Å²) in [4.78, 5) is 26.6. The van der Waals surface area contributed by atoms with Gasteiger partial charge in [0.1, 0.15) is 5.75 Å². The highest BCUT2D eigenvalue weighted by molar-refractivity contribution is 6.00. The molecule has 2 aromatic carbocycles. The average molecular weight is 386 g/mol. The van der Waals surface area contributed by atoms with E-state index in [0.717, 1.165) is 5.69 Å². The van der Waals surface area contributed by atoms with Gasteiger partial charge in [-0.05, 0) is 48.9 Å². The quantitative estimate of drug-likeness (QED) is 0.829. The summed E-state index contributed by atoms with van der Waals surface area (Å²) in [7, 11) is 2.97. The van der Waals surface area contributed by atoms with Crippen LogP contribution >= 0.6 is 0 Å². The van der Waals surface area contributed by atoms with Crippen molar-refractivity contribution in [2.24, 2.45) is 5.92 Å². The fourth-order valence-electron chi connectivity index (χ4n) is 3.26. The van der Waals surface area contributed by atoms with Gasteiger partial charge in [-0.3, -0.25) is 9.59 Å². The zero-order chi connectivity index (χ0) is 20.3. The van der Waals surface area contributed by atoms with Crippen molar-refractivity contribution in [2.45, 2.75) is 19.4 Å². The Morgan fingerprint density at radius 3 is 2.50 bits per heavy atom. The number of hydrogen-bond donors (Lipinski definition) is 1. The molecule has 0 radical (unpaired) electrons. The molecule has 2 aromatic rings. The van der Waals surface area contributed by atoms with E-state index < -0.39 is 17.8 Å². The molecule has 1 fully saturated rings. The lowest BCUT2D eigenvalue weighted by molar-refractivity contribution is -0.126. The molecule has 1 saturated heterocycles. The van der Waals surface area contributed by atoms with Gasteiger partial charge in [-0.25, -0.2) is 4.39 Å². The van der Waals surface area contributed by atoms with Crippen LogP contribution in [0.3, 0.4) is 0 Å². The minimum absolute atomic E-state index is 0.103. The third-order valence-corrected chi connectivity index (χ3v) is 4.91. The van der Waals surface area contributed by atoms with E-state index >= 15 is 0 Å². The molecule has 3 rings (SSSR count). The van der Waals surface area contributed by atoms with Gasteiger partial charge in [-0.2, -0.15) is 0 Å². The van der Waals surface area contributed by atoms with Crippen molar-refractivity contribution in [1.82, 2.24) is 5.32 Å². The van der Waals surface area contributed by atoms with E-state index in [-0.39, 0.29) is 24.0 Å². The molecule has 7 heteroatoms. The van der Waals surface area contributed by atoms with Crippen molar-refractivity contribution in [3.05, 3.63) is 53.8 Å². The number of benzene rings is 2. The van der Waals surface area contributed by atoms with Crippen LogP contribution in [0, 0.1) is 11.7 Å². The Morgan fingerprint density at radius 1 is 1.18 bits per heavy atom. The van der Waals surface area contributed by atoms with Crippen molar-refractivity contribution >= 4 is 17.5 Å². The molecule has 2 atom stereocenters. The van der Waals surface area contributed by atoms with Crippen LogP contribution in [-0.2, 0) is 9.59 Å². The highest BCUT2D eigenvalue weighted by atomic mass is 19.1.